The lowest BCUT2D eigenvalue weighted by Crippen LogP contribution is -2.37. The first-order valence-corrected chi connectivity index (χ1v) is 8.80. The van der Waals surface area contributed by atoms with E-state index in [1.807, 2.05) is 13.0 Å². The molecule has 1 rings (SSSR count). The Balaban J connectivity index is 2.47. The van der Waals surface area contributed by atoms with Crippen LogP contribution in [0.3, 0.4) is 0 Å². The van der Waals surface area contributed by atoms with E-state index in [2.05, 4.69) is 30.8 Å². The summed E-state index contributed by atoms with van der Waals surface area (Å²) in [4.78, 5) is 0. The van der Waals surface area contributed by atoms with E-state index in [0.29, 0.717) is 5.50 Å². The van der Waals surface area contributed by atoms with Crippen LogP contribution in [-0.2, 0) is 10.8 Å². The third kappa shape index (κ3) is 4.37. The quantitative estimate of drug-likeness (QED) is 0.547. The zero-order chi connectivity index (χ0) is 11.1. The first kappa shape index (κ1) is 12.8. The molecule has 0 heterocycles. The van der Waals surface area contributed by atoms with Crippen LogP contribution in [-0.4, -0.2) is 20.4 Å². The Hall–Kier alpha value is -0.313. The molecule has 0 amide bonds. The summed E-state index contributed by atoms with van der Waals surface area (Å²) in [7, 11) is -1.64. The van der Waals surface area contributed by atoms with Crippen molar-refractivity contribution in [3.63, 3.8) is 0 Å². The van der Waals surface area contributed by atoms with Crippen LogP contribution in [0.1, 0.15) is 12.5 Å². The summed E-state index contributed by atoms with van der Waals surface area (Å²) in [5.41, 5.74) is 2.06. The van der Waals surface area contributed by atoms with Crippen LogP contribution >= 0.6 is 11.6 Å². The maximum atomic E-state index is 5.99. The molecule has 3 heteroatoms. The summed E-state index contributed by atoms with van der Waals surface area (Å²) < 4.78 is 5.81. The molecule has 0 aromatic heterocycles. The van der Waals surface area contributed by atoms with Gasteiger partial charge in [-0.05, 0) is 31.5 Å². The molecule has 0 aliphatic carbocycles. The van der Waals surface area contributed by atoms with Gasteiger partial charge in [0.15, 0.2) is 0 Å². The van der Waals surface area contributed by atoms with Gasteiger partial charge >= 0.3 is 0 Å². The van der Waals surface area contributed by atoms with E-state index in [1.54, 1.807) is 0 Å². The number of aryl methyl sites for hydroxylation is 1. The molecule has 1 nitrogen and oxygen atoms in total. The van der Waals surface area contributed by atoms with Crippen molar-refractivity contribution in [2.45, 2.75) is 25.9 Å². The molecule has 0 aliphatic rings. The Labute approximate surface area is 98.5 Å². The average Bonchev–Trinajstić information content (AvgIpc) is 2.28. The van der Waals surface area contributed by atoms with Crippen LogP contribution in [0.4, 0.5) is 0 Å². The molecule has 0 saturated carbocycles. The van der Waals surface area contributed by atoms with Gasteiger partial charge in [0.2, 0.25) is 8.32 Å². The number of hydrogen-bond acceptors (Lipinski definition) is 1. The van der Waals surface area contributed by atoms with Crippen molar-refractivity contribution in [1.82, 2.24) is 0 Å². The summed E-state index contributed by atoms with van der Waals surface area (Å²) in [6.07, 6.45) is 1.08. The highest BCUT2D eigenvalue weighted by Crippen LogP contribution is 2.17. The third-order valence-corrected chi connectivity index (χ3v) is 7.12. The highest BCUT2D eigenvalue weighted by Gasteiger charge is 2.26. The minimum absolute atomic E-state index is 0.688. The van der Waals surface area contributed by atoms with Gasteiger partial charge in [0.1, 0.15) is 0 Å². The van der Waals surface area contributed by atoms with Crippen molar-refractivity contribution in [3.8, 4) is 0 Å². The Morgan fingerprint density at radius 1 is 1.27 bits per heavy atom. The van der Waals surface area contributed by atoms with E-state index in [-0.39, 0.29) is 0 Å². The SMILES string of the molecule is CCO[Si](C)(CCl)CCc1ccccc1. The molecule has 1 atom stereocenters. The fourth-order valence-electron chi connectivity index (χ4n) is 1.58. The zero-order valence-corrected chi connectivity index (χ0v) is 11.3. The molecule has 1 aromatic rings. The fourth-order valence-corrected chi connectivity index (χ4v) is 4.08. The van der Waals surface area contributed by atoms with Crippen LogP contribution in [0.5, 0.6) is 0 Å². The van der Waals surface area contributed by atoms with E-state index in [4.69, 9.17) is 16.0 Å². The molecule has 0 N–H and O–H groups in total. The first-order chi connectivity index (χ1) is 7.20. The Morgan fingerprint density at radius 2 is 1.93 bits per heavy atom. The van der Waals surface area contributed by atoms with Crippen molar-refractivity contribution in [2.24, 2.45) is 0 Å². The number of halogens is 1. The van der Waals surface area contributed by atoms with Gasteiger partial charge in [0.25, 0.3) is 0 Å². The summed E-state index contributed by atoms with van der Waals surface area (Å²) in [6, 6.07) is 11.6. The zero-order valence-electron chi connectivity index (χ0n) is 9.50. The van der Waals surface area contributed by atoms with Crippen molar-refractivity contribution in [3.05, 3.63) is 35.9 Å². The maximum Gasteiger partial charge on any atom is 0.204 e. The van der Waals surface area contributed by atoms with Gasteiger partial charge in [-0.25, -0.2) is 0 Å². The molecule has 0 bridgehead atoms. The maximum absolute atomic E-state index is 5.99. The fraction of sp³-hybridized carbons (Fsp3) is 0.500. The number of hydrogen-bond donors (Lipinski definition) is 0. The molecule has 0 fully saturated rings. The van der Waals surface area contributed by atoms with Crippen LogP contribution in [0.2, 0.25) is 12.6 Å². The standard InChI is InChI=1S/C12H19ClOSi/c1-3-14-15(2,11-13)10-9-12-7-5-4-6-8-12/h4-8H,3,9-11H2,1-2H3. The van der Waals surface area contributed by atoms with E-state index in [0.717, 1.165) is 19.1 Å². The van der Waals surface area contributed by atoms with Gasteiger partial charge in [-0.15, -0.1) is 11.6 Å². The van der Waals surface area contributed by atoms with Crippen LogP contribution in [0, 0.1) is 0 Å². The van der Waals surface area contributed by atoms with Crippen molar-refractivity contribution < 1.29 is 4.43 Å². The minimum atomic E-state index is -1.64. The Kier molecular flexibility index (Phi) is 5.36. The lowest BCUT2D eigenvalue weighted by Gasteiger charge is -2.24. The predicted molar refractivity (Wildman–Crippen MR) is 68.9 cm³/mol. The summed E-state index contributed by atoms with van der Waals surface area (Å²) in [5, 5.41) is 0. The van der Waals surface area contributed by atoms with Gasteiger partial charge in [-0.2, -0.15) is 0 Å². The molecule has 0 spiro atoms. The average molecular weight is 243 g/mol. The van der Waals surface area contributed by atoms with E-state index in [1.165, 1.54) is 5.56 Å². The predicted octanol–water partition coefficient (Wildman–Crippen LogP) is 3.62. The second kappa shape index (κ2) is 6.31. The van der Waals surface area contributed by atoms with E-state index >= 15 is 0 Å². The third-order valence-electron chi connectivity index (χ3n) is 2.56. The second-order valence-corrected chi connectivity index (χ2v) is 8.76. The van der Waals surface area contributed by atoms with Crippen molar-refractivity contribution >= 4 is 19.9 Å². The molecular weight excluding hydrogens is 224 g/mol. The van der Waals surface area contributed by atoms with Gasteiger partial charge in [0.05, 0.1) is 0 Å². The van der Waals surface area contributed by atoms with Crippen molar-refractivity contribution in [2.75, 3.05) is 12.1 Å². The second-order valence-electron chi connectivity index (χ2n) is 4.00. The summed E-state index contributed by atoms with van der Waals surface area (Å²) in [5.74, 6) is 0. The normalized spacial score (nSPS) is 14.9. The molecule has 15 heavy (non-hydrogen) atoms. The minimum Gasteiger partial charge on any atom is -0.416 e. The lowest BCUT2D eigenvalue weighted by atomic mass is 10.2. The summed E-state index contributed by atoms with van der Waals surface area (Å²) in [6.45, 7) is 5.04. The van der Waals surface area contributed by atoms with E-state index in [9.17, 15) is 0 Å². The topological polar surface area (TPSA) is 9.23 Å². The lowest BCUT2D eigenvalue weighted by molar-refractivity contribution is 0.328. The highest BCUT2D eigenvalue weighted by molar-refractivity contribution is 6.78. The molecular formula is C12H19ClOSi. The molecule has 1 aromatic carbocycles. The van der Waals surface area contributed by atoms with Crippen LogP contribution in [0.25, 0.3) is 0 Å². The Bertz CT molecular complexity index is 278. The van der Waals surface area contributed by atoms with E-state index < -0.39 is 8.32 Å². The van der Waals surface area contributed by atoms with Gasteiger partial charge in [-0.1, -0.05) is 30.3 Å². The van der Waals surface area contributed by atoms with Gasteiger partial charge in [0, 0.05) is 12.1 Å². The molecule has 84 valence electrons. The van der Waals surface area contributed by atoms with Crippen molar-refractivity contribution in [1.29, 1.82) is 0 Å². The highest BCUT2D eigenvalue weighted by atomic mass is 35.5. The molecule has 0 aliphatic heterocycles. The summed E-state index contributed by atoms with van der Waals surface area (Å²) >= 11 is 5.99. The number of alkyl halides is 1. The van der Waals surface area contributed by atoms with Crippen LogP contribution < -0.4 is 0 Å². The number of rotatable bonds is 6. The van der Waals surface area contributed by atoms with Crippen LogP contribution in [0.15, 0.2) is 30.3 Å². The molecule has 0 radical (unpaired) electrons. The Morgan fingerprint density at radius 3 is 2.47 bits per heavy atom. The van der Waals surface area contributed by atoms with Gasteiger partial charge < -0.3 is 4.43 Å². The first-order valence-electron chi connectivity index (χ1n) is 5.44. The smallest absolute Gasteiger partial charge is 0.204 e. The largest absolute Gasteiger partial charge is 0.416 e. The molecule has 1 unspecified atom stereocenters. The van der Waals surface area contributed by atoms with Gasteiger partial charge in [-0.3, -0.25) is 0 Å². The molecule has 0 saturated heterocycles. The number of benzene rings is 1. The monoisotopic (exact) mass is 242 g/mol.